The van der Waals surface area contributed by atoms with E-state index in [1.165, 1.54) is 12.1 Å². The van der Waals surface area contributed by atoms with Crippen LogP contribution < -0.4 is 14.8 Å². The molecule has 0 bridgehead atoms. The van der Waals surface area contributed by atoms with Crippen molar-refractivity contribution in [2.24, 2.45) is 0 Å². The number of hydrogen-bond donors (Lipinski definition) is 1. The molecule has 222 valence electrons. The van der Waals surface area contributed by atoms with Gasteiger partial charge in [-0.2, -0.15) is 0 Å². The van der Waals surface area contributed by atoms with Crippen LogP contribution in [0.5, 0.6) is 11.5 Å². The Kier molecular flexibility index (Phi) is 8.82. The highest BCUT2D eigenvalue weighted by Gasteiger charge is 2.42. The number of dihydropyridines is 1. The SMILES string of the molecule is COc1ccc(C2CC(=O)C3=C(C2)NC(C)=C(C(=O)OCCc2ccccc2)C3c2ccc(Cl)c([N+](=O)[O-])c2)cc1OC. The third-order valence-electron chi connectivity index (χ3n) is 7.89. The van der Waals surface area contributed by atoms with E-state index in [1.54, 1.807) is 33.3 Å². The molecular formula is C33H31ClN2O7. The molecule has 0 aromatic heterocycles. The average molecular weight is 603 g/mol. The van der Waals surface area contributed by atoms with Crippen LogP contribution in [0.4, 0.5) is 5.69 Å². The number of carbonyl (C=O) groups excluding carboxylic acids is 2. The quantitative estimate of drug-likeness (QED) is 0.170. The van der Waals surface area contributed by atoms with Gasteiger partial charge in [0.15, 0.2) is 17.3 Å². The Balaban J connectivity index is 1.52. The molecule has 0 saturated heterocycles. The fourth-order valence-electron chi connectivity index (χ4n) is 5.82. The van der Waals surface area contributed by atoms with E-state index in [-0.39, 0.29) is 41.0 Å². The van der Waals surface area contributed by atoms with Crippen molar-refractivity contribution >= 4 is 29.0 Å². The summed E-state index contributed by atoms with van der Waals surface area (Å²) in [6.45, 7) is 1.88. The molecule has 9 nitrogen and oxygen atoms in total. The molecule has 2 atom stereocenters. The zero-order valence-electron chi connectivity index (χ0n) is 24.0. The highest BCUT2D eigenvalue weighted by molar-refractivity contribution is 6.32. The zero-order valence-corrected chi connectivity index (χ0v) is 24.8. The summed E-state index contributed by atoms with van der Waals surface area (Å²) in [4.78, 5) is 38.8. The molecule has 0 radical (unpaired) electrons. The van der Waals surface area contributed by atoms with Crippen molar-refractivity contribution in [1.29, 1.82) is 0 Å². The number of esters is 1. The van der Waals surface area contributed by atoms with Gasteiger partial charge in [-0.05, 0) is 54.2 Å². The van der Waals surface area contributed by atoms with E-state index in [0.29, 0.717) is 46.9 Å². The Morgan fingerprint density at radius 3 is 2.42 bits per heavy atom. The van der Waals surface area contributed by atoms with Crippen molar-refractivity contribution in [1.82, 2.24) is 5.32 Å². The van der Waals surface area contributed by atoms with Crippen LogP contribution in [0.3, 0.4) is 0 Å². The number of allylic oxidation sites excluding steroid dienone is 3. The third-order valence-corrected chi connectivity index (χ3v) is 8.21. The average Bonchev–Trinajstić information content (AvgIpc) is 3.00. The van der Waals surface area contributed by atoms with Crippen LogP contribution in [0.15, 0.2) is 89.3 Å². The van der Waals surface area contributed by atoms with Crippen molar-refractivity contribution in [2.75, 3.05) is 20.8 Å². The van der Waals surface area contributed by atoms with Crippen LogP contribution in [0, 0.1) is 10.1 Å². The molecular weight excluding hydrogens is 572 g/mol. The first-order valence-corrected chi connectivity index (χ1v) is 14.2. The minimum Gasteiger partial charge on any atom is -0.493 e. The predicted octanol–water partition coefficient (Wildman–Crippen LogP) is 6.41. The van der Waals surface area contributed by atoms with Gasteiger partial charge < -0.3 is 19.5 Å². The van der Waals surface area contributed by atoms with Gasteiger partial charge in [0.05, 0.1) is 31.3 Å². The minimum absolute atomic E-state index is 0.0342. The number of halogens is 1. The number of ether oxygens (including phenoxy) is 3. The fourth-order valence-corrected chi connectivity index (χ4v) is 6.01. The van der Waals surface area contributed by atoms with Crippen molar-refractivity contribution in [3.63, 3.8) is 0 Å². The van der Waals surface area contributed by atoms with E-state index < -0.39 is 16.8 Å². The lowest BCUT2D eigenvalue weighted by atomic mass is 9.71. The molecule has 1 aliphatic carbocycles. The van der Waals surface area contributed by atoms with E-state index in [4.69, 9.17) is 25.8 Å². The molecule has 0 spiro atoms. The molecule has 10 heteroatoms. The normalized spacial score (nSPS) is 18.1. The van der Waals surface area contributed by atoms with Crippen LogP contribution in [-0.4, -0.2) is 37.5 Å². The Labute approximate surface area is 254 Å². The Morgan fingerprint density at radius 1 is 1.00 bits per heavy atom. The summed E-state index contributed by atoms with van der Waals surface area (Å²) in [5.41, 5.74) is 3.85. The fraction of sp³-hybridized carbons (Fsp3) is 0.273. The first-order valence-electron chi connectivity index (χ1n) is 13.8. The lowest BCUT2D eigenvalue weighted by Crippen LogP contribution is -2.36. The number of benzene rings is 3. The molecule has 43 heavy (non-hydrogen) atoms. The van der Waals surface area contributed by atoms with Crippen LogP contribution in [0.1, 0.15) is 48.3 Å². The second-order valence-corrected chi connectivity index (χ2v) is 10.9. The van der Waals surface area contributed by atoms with Gasteiger partial charge in [-0.15, -0.1) is 0 Å². The Hall–Kier alpha value is -4.63. The molecule has 2 aliphatic rings. The van der Waals surface area contributed by atoms with Gasteiger partial charge in [0.25, 0.3) is 5.69 Å². The molecule has 0 saturated carbocycles. The predicted molar refractivity (Wildman–Crippen MR) is 161 cm³/mol. The van der Waals surface area contributed by atoms with Gasteiger partial charge in [-0.3, -0.25) is 14.9 Å². The van der Waals surface area contributed by atoms with Crippen LogP contribution in [0.25, 0.3) is 0 Å². The number of hydrogen-bond acceptors (Lipinski definition) is 8. The number of nitro groups is 1. The van der Waals surface area contributed by atoms with Gasteiger partial charge >= 0.3 is 5.97 Å². The molecule has 0 fully saturated rings. The summed E-state index contributed by atoms with van der Waals surface area (Å²) in [7, 11) is 3.12. The summed E-state index contributed by atoms with van der Waals surface area (Å²) < 4.78 is 16.5. The number of nitrogens with one attached hydrogen (secondary N) is 1. The summed E-state index contributed by atoms with van der Waals surface area (Å²) in [5.74, 6) is -0.640. The number of nitrogens with zero attached hydrogens (tertiary/aromatic N) is 1. The summed E-state index contributed by atoms with van der Waals surface area (Å²) in [6, 6.07) is 19.6. The number of Topliss-reactive ketones (excluding diaryl/α,β-unsaturated/α-hetero) is 1. The molecule has 1 N–H and O–H groups in total. The highest BCUT2D eigenvalue weighted by atomic mass is 35.5. The van der Waals surface area contributed by atoms with Gasteiger partial charge in [0, 0.05) is 41.8 Å². The summed E-state index contributed by atoms with van der Waals surface area (Å²) in [5, 5.41) is 15.0. The Bertz CT molecular complexity index is 1650. The maximum atomic E-state index is 13.9. The first-order chi connectivity index (χ1) is 20.7. The van der Waals surface area contributed by atoms with Crippen molar-refractivity contribution in [3.05, 3.63) is 121 Å². The van der Waals surface area contributed by atoms with Gasteiger partial charge in [0.1, 0.15) is 5.02 Å². The zero-order chi connectivity index (χ0) is 30.7. The number of rotatable bonds is 9. The smallest absolute Gasteiger partial charge is 0.336 e. The second kappa shape index (κ2) is 12.7. The maximum Gasteiger partial charge on any atom is 0.336 e. The number of carbonyl (C=O) groups is 2. The van der Waals surface area contributed by atoms with Crippen molar-refractivity contribution < 1.29 is 28.7 Å². The lowest BCUT2D eigenvalue weighted by molar-refractivity contribution is -0.384. The van der Waals surface area contributed by atoms with E-state index >= 15 is 0 Å². The summed E-state index contributed by atoms with van der Waals surface area (Å²) in [6.07, 6.45) is 1.18. The topological polar surface area (TPSA) is 117 Å². The van der Waals surface area contributed by atoms with E-state index in [1.807, 2.05) is 42.5 Å². The molecule has 5 rings (SSSR count). The molecule has 1 heterocycles. The van der Waals surface area contributed by atoms with Gasteiger partial charge in [-0.1, -0.05) is 54.1 Å². The molecule has 3 aromatic rings. The molecule has 2 unspecified atom stereocenters. The van der Waals surface area contributed by atoms with E-state index in [0.717, 1.165) is 11.1 Å². The minimum atomic E-state index is -0.865. The molecule has 0 amide bonds. The maximum absolute atomic E-state index is 13.9. The number of methoxy groups -OCH3 is 2. The molecule has 1 aliphatic heterocycles. The first kappa shape index (κ1) is 29.8. The number of nitro benzene ring substituents is 1. The van der Waals surface area contributed by atoms with Gasteiger partial charge in [0.2, 0.25) is 0 Å². The van der Waals surface area contributed by atoms with Gasteiger partial charge in [-0.25, -0.2) is 4.79 Å². The van der Waals surface area contributed by atoms with Crippen LogP contribution in [0.2, 0.25) is 5.02 Å². The van der Waals surface area contributed by atoms with Crippen LogP contribution >= 0.6 is 11.6 Å². The number of ketones is 1. The monoisotopic (exact) mass is 602 g/mol. The van der Waals surface area contributed by atoms with E-state index in [9.17, 15) is 19.7 Å². The second-order valence-electron chi connectivity index (χ2n) is 10.5. The summed E-state index contributed by atoms with van der Waals surface area (Å²) >= 11 is 6.13. The van der Waals surface area contributed by atoms with Crippen LogP contribution in [-0.2, 0) is 20.7 Å². The largest absolute Gasteiger partial charge is 0.493 e. The molecule has 3 aromatic carbocycles. The lowest BCUT2D eigenvalue weighted by Gasteiger charge is -2.36. The Morgan fingerprint density at radius 2 is 1.72 bits per heavy atom. The standard InChI is InChI=1S/C33H31ClN2O7/c1-19-30(33(38)43-14-13-20-7-5-4-6-8-20)31(22-9-11-24(34)26(16-22)36(39)40)32-25(35-19)15-23(17-27(32)37)21-10-12-28(41-2)29(18-21)42-3/h4-12,16,18,23,31,35H,13-15,17H2,1-3H3. The highest BCUT2D eigenvalue weighted by Crippen LogP contribution is 2.47. The third kappa shape index (κ3) is 6.12. The van der Waals surface area contributed by atoms with Crippen molar-refractivity contribution in [3.8, 4) is 11.5 Å². The van der Waals surface area contributed by atoms with Crippen molar-refractivity contribution in [2.45, 2.75) is 38.0 Å². The van der Waals surface area contributed by atoms with E-state index in [2.05, 4.69) is 5.32 Å².